The third-order valence-electron chi connectivity index (χ3n) is 6.15. The highest BCUT2D eigenvalue weighted by atomic mass is 16.5. The summed E-state index contributed by atoms with van der Waals surface area (Å²) in [6.45, 7) is 16.3. The molecule has 0 unspecified atom stereocenters. The average molecular weight is 363 g/mol. The van der Waals surface area contributed by atoms with Crippen LogP contribution in [0, 0.1) is 5.92 Å². The SMILES string of the molecule is CC[NH+](CC)CCC[NH2+]CC[C@H](c1ccccc1)[C@@H]1CCOC(C)(C)C1. The lowest BCUT2D eigenvalue weighted by Gasteiger charge is -2.39. The second-order valence-electron chi connectivity index (χ2n) is 8.59. The van der Waals surface area contributed by atoms with Gasteiger partial charge in [-0.15, -0.1) is 0 Å². The Balaban J connectivity index is 1.83. The van der Waals surface area contributed by atoms with Crippen LogP contribution in [0.3, 0.4) is 0 Å². The number of ether oxygens (including phenoxy) is 1. The minimum atomic E-state index is 0.0339. The van der Waals surface area contributed by atoms with Crippen molar-refractivity contribution in [3.05, 3.63) is 35.9 Å². The Morgan fingerprint density at radius 1 is 1.15 bits per heavy atom. The second kappa shape index (κ2) is 11.1. The van der Waals surface area contributed by atoms with Gasteiger partial charge in [0.1, 0.15) is 0 Å². The van der Waals surface area contributed by atoms with Gasteiger partial charge in [0.25, 0.3) is 0 Å². The molecule has 1 fully saturated rings. The van der Waals surface area contributed by atoms with Gasteiger partial charge in [-0.2, -0.15) is 0 Å². The molecule has 0 saturated carbocycles. The lowest BCUT2D eigenvalue weighted by molar-refractivity contribution is -0.898. The highest BCUT2D eigenvalue weighted by Gasteiger charge is 2.34. The summed E-state index contributed by atoms with van der Waals surface area (Å²) >= 11 is 0. The van der Waals surface area contributed by atoms with Crippen molar-refractivity contribution < 1.29 is 15.0 Å². The van der Waals surface area contributed by atoms with Crippen LogP contribution in [0.4, 0.5) is 0 Å². The lowest BCUT2D eigenvalue weighted by atomic mass is 9.75. The molecule has 1 aromatic carbocycles. The van der Waals surface area contributed by atoms with E-state index in [0.29, 0.717) is 5.92 Å². The molecule has 0 amide bonds. The minimum absolute atomic E-state index is 0.0339. The van der Waals surface area contributed by atoms with Crippen LogP contribution < -0.4 is 10.2 Å². The summed E-state index contributed by atoms with van der Waals surface area (Å²) in [5.41, 5.74) is 1.56. The molecule has 148 valence electrons. The Morgan fingerprint density at radius 3 is 2.54 bits per heavy atom. The van der Waals surface area contributed by atoms with E-state index in [1.807, 2.05) is 0 Å². The summed E-state index contributed by atoms with van der Waals surface area (Å²) < 4.78 is 5.97. The summed E-state index contributed by atoms with van der Waals surface area (Å²) in [4.78, 5) is 1.73. The van der Waals surface area contributed by atoms with Crippen molar-refractivity contribution in [2.45, 2.75) is 64.9 Å². The van der Waals surface area contributed by atoms with E-state index in [2.05, 4.69) is 63.3 Å². The van der Waals surface area contributed by atoms with Crippen molar-refractivity contribution in [3.63, 3.8) is 0 Å². The Morgan fingerprint density at radius 2 is 1.88 bits per heavy atom. The molecule has 1 aliphatic heterocycles. The molecule has 0 aliphatic carbocycles. The number of hydrogen-bond donors (Lipinski definition) is 2. The fourth-order valence-electron chi connectivity index (χ4n) is 4.54. The summed E-state index contributed by atoms with van der Waals surface area (Å²) in [6.07, 6.45) is 4.99. The van der Waals surface area contributed by atoms with Gasteiger partial charge in [0.15, 0.2) is 0 Å². The van der Waals surface area contributed by atoms with Crippen molar-refractivity contribution in [1.29, 1.82) is 0 Å². The van der Waals surface area contributed by atoms with Gasteiger partial charge in [-0.05, 0) is 57.9 Å². The topological polar surface area (TPSA) is 30.3 Å². The van der Waals surface area contributed by atoms with Crippen molar-refractivity contribution >= 4 is 0 Å². The summed E-state index contributed by atoms with van der Waals surface area (Å²) in [5.74, 6) is 1.42. The first kappa shape index (κ1) is 21.4. The van der Waals surface area contributed by atoms with Crippen molar-refractivity contribution in [2.24, 2.45) is 5.92 Å². The van der Waals surface area contributed by atoms with Crippen LogP contribution in [0.5, 0.6) is 0 Å². The highest BCUT2D eigenvalue weighted by Crippen LogP contribution is 2.39. The molecule has 3 N–H and O–H groups in total. The predicted octanol–water partition coefficient (Wildman–Crippen LogP) is 2.24. The number of nitrogens with two attached hydrogens (primary N) is 1. The molecular formula is C23H42N2O+2. The quantitative estimate of drug-likeness (QED) is 0.581. The Hall–Kier alpha value is -0.900. The van der Waals surface area contributed by atoms with Crippen LogP contribution in [-0.2, 0) is 4.74 Å². The van der Waals surface area contributed by atoms with Gasteiger partial charge >= 0.3 is 0 Å². The van der Waals surface area contributed by atoms with Crippen molar-refractivity contribution in [1.82, 2.24) is 0 Å². The fraction of sp³-hybridized carbons (Fsp3) is 0.739. The molecular weight excluding hydrogens is 320 g/mol. The Kier molecular flexibility index (Phi) is 9.10. The molecule has 3 nitrogen and oxygen atoms in total. The third-order valence-corrected chi connectivity index (χ3v) is 6.15. The predicted molar refractivity (Wildman–Crippen MR) is 110 cm³/mol. The number of nitrogens with one attached hydrogen (secondary N) is 1. The molecule has 0 aromatic heterocycles. The van der Waals surface area contributed by atoms with Crippen LogP contribution in [0.1, 0.15) is 64.9 Å². The van der Waals surface area contributed by atoms with Gasteiger partial charge in [0.05, 0.1) is 38.3 Å². The monoisotopic (exact) mass is 362 g/mol. The molecule has 3 heteroatoms. The molecule has 26 heavy (non-hydrogen) atoms. The summed E-state index contributed by atoms with van der Waals surface area (Å²) in [5, 5.41) is 2.54. The van der Waals surface area contributed by atoms with Crippen molar-refractivity contribution in [3.8, 4) is 0 Å². The lowest BCUT2D eigenvalue weighted by Crippen LogP contribution is -3.11. The zero-order chi connectivity index (χ0) is 18.8. The zero-order valence-electron chi connectivity index (χ0n) is 17.6. The fourth-order valence-corrected chi connectivity index (χ4v) is 4.54. The molecule has 0 bridgehead atoms. The molecule has 2 atom stereocenters. The molecule has 1 saturated heterocycles. The molecule has 2 rings (SSSR count). The smallest absolute Gasteiger partial charge is 0.0825 e. The molecule has 1 aromatic rings. The van der Waals surface area contributed by atoms with E-state index in [0.717, 1.165) is 12.5 Å². The average Bonchev–Trinajstić information content (AvgIpc) is 2.64. The number of benzene rings is 1. The van der Waals surface area contributed by atoms with Gasteiger partial charge in [-0.25, -0.2) is 0 Å². The standard InChI is InChI=1S/C23H40N2O/c1-5-25(6-2)17-10-15-24-16-13-22(20-11-8-7-9-12-20)21-14-18-26-23(3,4)19-21/h7-9,11-12,21-22,24H,5-6,10,13-19H2,1-4H3/p+2/t21-,22-/m1/s1. The first-order chi connectivity index (χ1) is 12.6. The van der Waals surface area contributed by atoms with E-state index in [4.69, 9.17) is 4.74 Å². The summed E-state index contributed by atoms with van der Waals surface area (Å²) in [6, 6.07) is 11.2. The number of rotatable bonds is 11. The van der Waals surface area contributed by atoms with E-state index < -0.39 is 0 Å². The molecule has 0 spiro atoms. The van der Waals surface area contributed by atoms with Crippen LogP contribution in [0.2, 0.25) is 0 Å². The third kappa shape index (κ3) is 7.02. The first-order valence-electron chi connectivity index (χ1n) is 10.9. The largest absolute Gasteiger partial charge is 0.376 e. The Labute approximate surface area is 161 Å². The second-order valence-corrected chi connectivity index (χ2v) is 8.59. The highest BCUT2D eigenvalue weighted by molar-refractivity contribution is 5.20. The van der Waals surface area contributed by atoms with Gasteiger partial charge in [-0.1, -0.05) is 30.3 Å². The maximum atomic E-state index is 5.97. The van der Waals surface area contributed by atoms with E-state index in [1.54, 1.807) is 4.90 Å². The van der Waals surface area contributed by atoms with E-state index in [9.17, 15) is 0 Å². The van der Waals surface area contributed by atoms with Gasteiger partial charge in [0.2, 0.25) is 0 Å². The Bertz CT molecular complexity index is 484. The van der Waals surface area contributed by atoms with Gasteiger partial charge in [0, 0.05) is 19.4 Å². The number of hydrogen-bond acceptors (Lipinski definition) is 1. The van der Waals surface area contributed by atoms with Gasteiger partial charge < -0.3 is 15.0 Å². The van der Waals surface area contributed by atoms with E-state index >= 15 is 0 Å². The molecule has 1 aliphatic rings. The maximum Gasteiger partial charge on any atom is 0.0825 e. The normalized spacial score (nSPS) is 21.0. The van der Waals surface area contributed by atoms with Crippen LogP contribution >= 0.6 is 0 Å². The molecule has 0 radical (unpaired) electrons. The van der Waals surface area contributed by atoms with E-state index in [-0.39, 0.29) is 5.60 Å². The van der Waals surface area contributed by atoms with Crippen LogP contribution in [0.15, 0.2) is 30.3 Å². The molecule has 1 heterocycles. The first-order valence-corrected chi connectivity index (χ1v) is 10.9. The summed E-state index contributed by atoms with van der Waals surface area (Å²) in [7, 11) is 0. The maximum absolute atomic E-state index is 5.97. The van der Waals surface area contributed by atoms with E-state index in [1.165, 1.54) is 64.0 Å². The van der Waals surface area contributed by atoms with Crippen LogP contribution in [-0.4, -0.2) is 44.9 Å². The number of quaternary nitrogens is 2. The van der Waals surface area contributed by atoms with Crippen LogP contribution in [0.25, 0.3) is 0 Å². The minimum Gasteiger partial charge on any atom is -0.376 e. The zero-order valence-corrected chi connectivity index (χ0v) is 17.6. The van der Waals surface area contributed by atoms with Gasteiger partial charge in [-0.3, -0.25) is 0 Å². The van der Waals surface area contributed by atoms with Crippen molar-refractivity contribution in [2.75, 3.05) is 39.3 Å².